The van der Waals surface area contributed by atoms with Crippen molar-refractivity contribution in [3.8, 4) is 0 Å². The first kappa shape index (κ1) is 22.7. The third-order valence-corrected chi connectivity index (χ3v) is 6.11. The first-order valence-corrected chi connectivity index (χ1v) is 11.0. The van der Waals surface area contributed by atoms with Crippen LogP contribution in [-0.4, -0.2) is 27.4 Å². The number of amides is 1. The van der Waals surface area contributed by atoms with E-state index in [-0.39, 0.29) is 23.6 Å². The Kier molecular flexibility index (Phi) is 6.60. The molecule has 1 amide bonds. The summed E-state index contributed by atoms with van der Waals surface area (Å²) in [5.74, 6) is -1.53. The van der Waals surface area contributed by atoms with Crippen LogP contribution in [0.15, 0.2) is 70.7 Å². The molecular formula is C25H23ClFN3O3. The molecule has 0 radical (unpaired) electrons. The predicted octanol–water partition coefficient (Wildman–Crippen LogP) is 4.47. The number of carbonyl (C=O) groups is 1. The zero-order chi connectivity index (χ0) is 23.5. The van der Waals surface area contributed by atoms with Crippen LogP contribution in [0.3, 0.4) is 0 Å². The van der Waals surface area contributed by atoms with Crippen molar-refractivity contribution in [3.63, 3.8) is 0 Å². The fraction of sp³-hybridized carbons (Fsp3) is 0.240. The number of nitrogens with zero attached hydrogens (tertiary/aromatic N) is 2. The fourth-order valence-electron chi connectivity index (χ4n) is 3.76. The molecule has 33 heavy (non-hydrogen) atoms. The van der Waals surface area contributed by atoms with E-state index < -0.39 is 17.6 Å². The van der Waals surface area contributed by atoms with Gasteiger partial charge in [0.05, 0.1) is 11.3 Å². The summed E-state index contributed by atoms with van der Waals surface area (Å²) in [6.45, 7) is 0. The highest BCUT2D eigenvalue weighted by molar-refractivity contribution is 6.31. The number of hydrogen-bond donors (Lipinski definition) is 2. The highest BCUT2D eigenvalue weighted by Crippen LogP contribution is 2.35. The molecular weight excluding hydrogens is 445 g/mol. The van der Waals surface area contributed by atoms with Crippen molar-refractivity contribution in [2.24, 2.45) is 12.2 Å². The van der Waals surface area contributed by atoms with E-state index >= 15 is 0 Å². The summed E-state index contributed by atoms with van der Waals surface area (Å²) < 4.78 is 16.4. The molecule has 4 rings (SSSR count). The van der Waals surface area contributed by atoms with Crippen LogP contribution in [0.2, 0.25) is 5.02 Å². The lowest BCUT2D eigenvalue weighted by atomic mass is 9.85. The van der Waals surface area contributed by atoms with Crippen LogP contribution in [0.5, 0.6) is 0 Å². The smallest absolute Gasteiger partial charge is 0.254 e. The average Bonchev–Trinajstić information content (AvgIpc) is 3.61. The largest absolute Gasteiger partial charge is 0.411 e. The Bertz CT molecular complexity index is 1280. The van der Waals surface area contributed by atoms with Gasteiger partial charge in [-0.3, -0.25) is 9.59 Å². The Morgan fingerprint density at radius 1 is 1.24 bits per heavy atom. The second-order valence-electron chi connectivity index (χ2n) is 8.18. The van der Waals surface area contributed by atoms with Gasteiger partial charge in [0, 0.05) is 48.3 Å². The molecule has 170 valence electrons. The Morgan fingerprint density at radius 3 is 2.64 bits per heavy atom. The minimum Gasteiger partial charge on any atom is -0.411 e. The molecule has 1 aliphatic carbocycles. The molecule has 1 unspecified atom stereocenters. The van der Waals surface area contributed by atoms with Gasteiger partial charge in [-0.25, -0.2) is 4.39 Å². The number of benzene rings is 2. The van der Waals surface area contributed by atoms with E-state index in [0.29, 0.717) is 21.9 Å². The number of hydrogen-bond acceptors (Lipinski definition) is 4. The second kappa shape index (κ2) is 9.58. The molecule has 0 saturated heterocycles. The first-order valence-electron chi connectivity index (χ1n) is 10.6. The number of rotatable bonds is 7. The topological polar surface area (TPSA) is 83.7 Å². The van der Waals surface area contributed by atoms with Gasteiger partial charge in [0.2, 0.25) is 5.56 Å². The Hall–Kier alpha value is -3.45. The van der Waals surface area contributed by atoms with Crippen molar-refractivity contribution >= 4 is 23.2 Å². The van der Waals surface area contributed by atoms with Gasteiger partial charge in [-0.1, -0.05) is 41.0 Å². The molecule has 1 aliphatic rings. The number of carbonyl (C=O) groups excluding carboxylic acids is 1. The maximum Gasteiger partial charge on any atom is 0.254 e. The van der Waals surface area contributed by atoms with Crippen LogP contribution in [0.1, 0.15) is 52.2 Å². The van der Waals surface area contributed by atoms with Gasteiger partial charge in [-0.05, 0) is 48.2 Å². The minimum atomic E-state index is -0.632. The summed E-state index contributed by atoms with van der Waals surface area (Å²) in [5, 5.41) is 16.5. The minimum absolute atomic E-state index is 0.0160. The Morgan fingerprint density at radius 2 is 2.00 bits per heavy atom. The van der Waals surface area contributed by atoms with Gasteiger partial charge >= 0.3 is 0 Å². The maximum absolute atomic E-state index is 15.0. The summed E-state index contributed by atoms with van der Waals surface area (Å²) in [5.41, 5.74) is 1.96. The van der Waals surface area contributed by atoms with Crippen LogP contribution < -0.4 is 10.9 Å². The van der Waals surface area contributed by atoms with E-state index in [1.807, 2.05) is 12.1 Å². The molecule has 1 atom stereocenters. The number of oxime groups is 1. The number of nitrogens with one attached hydrogen (secondary N) is 1. The van der Waals surface area contributed by atoms with Crippen LogP contribution in [-0.2, 0) is 7.05 Å². The number of halogens is 2. The number of pyridine rings is 1. The molecule has 0 bridgehead atoms. The van der Waals surface area contributed by atoms with Crippen LogP contribution >= 0.6 is 11.6 Å². The molecule has 8 heteroatoms. The predicted molar refractivity (Wildman–Crippen MR) is 125 cm³/mol. The van der Waals surface area contributed by atoms with Crippen LogP contribution in [0, 0.1) is 5.82 Å². The Balaban J connectivity index is 1.71. The zero-order valence-electron chi connectivity index (χ0n) is 18.0. The monoisotopic (exact) mass is 467 g/mol. The van der Waals surface area contributed by atoms with E-state index in [1.165, 1.54) is 22.8 Å². The molecule has 2 N–H and O–H groups in total. The standard InChI is InChI=1S/C25H23ClFN3O3/c1-30-14-16(7-11-24(30)31)23(29-33)13-20(18-4-2-3-5-21(18)26)15-6-10-19(22(27)12-15)25(32)28-17-8-9-17/h2-7,10-12,14,17,20,33H,8-9,13H2,1H3,(H,28,32)/b29-23-. The van der Waals surface area contributed by atoms with Gasteiger partial charge in [-0.15, -0.1) is 0 Å². The van der Waals surface area contributed by atoms with Gasteiger partial charge in [0.25, 0.3) is 5.91 Å². The fourth-order valence-corrected chi connectivity index (χ4v) is 4.03. The van der Waals surface area contributed by atoms with E-state index in [0.717, 1.165) is 18.4 Å². The summed E-state index contributed by atoms with van der Waals surface area (Å²) in [6, 6.07) is 14.7. The highest BCUT2D eigenvalue weighted by Gasteiger charge is 2.26. The van der Waals surface area contributed by atoms with Crippen molar-refractivity contribution in [2.45, 2.75) is 31.2 Å². The molecule has 3 aromatic rings. The first-order chi connectivity index (χ1) is 15.9. The highest BCUT2D eigenvalue weighted by atomic mass is 35.5. The van der Waals surface area contributed by atoms with Crippen molar-refractivity contribution in [1.29, 1.82) is 0 Å². The Labute approximate surface area is 195 Å². The summed E-state index contributed by atoms with van der Waals surface area (Å²) in [7, 11) is 1.60. The molecule has 1 fully saturated rings. The average molecular weight is 468 g/mol. The van der Waals surface area contributed by atoms with Gasteiger partial charge in [-0.2, -0.15) is 0 Å². The van der Waals surface area contributed by atoms with E-state index in [4.69, 9.17) is 11.6 Å². The molecule has 6 nitrogen and oxygen atoms in total. The summed E-state index contributed by atoms with van der Waals surface area (Å²) in [4.78, 5) is 24.1. The van der Waals surface area contributed by atoms with E-state index in [2.05, 4.69) is 10.5 Å². The molecule has 0 aliphatic heterocycles. The molecule has 1 saturated carbocycles. The van der Waals surface area contributed by atoms with Gasteiger partial charge in [0.1, 0.15) is 5.82 Å². The van der Waals surface area contributed by atoms with E-state index in [1.54, 1.807) is 37.5 Å². The lowest BCUT2D eigenvalue weighted by Crippen LogP contribution is -2.26. The summed E-state index contributed by atoms with van der Waals surface area (Å²) >= 11 is 6.47. The third-order valence-electron chi connectivity index (χ3n) is 5.77. The molecule has 1 aromatic heterocycles. The SMILES string of the molecule is Cn1cc(/C(CC(c2ccc(C(=O)NC3CC3)c(F)c2)c2ccccc2Cl)=N\O)ccc1=O. The normalized spacial score (nSPS) is 14.7. The van der Waals surface area contributed by atoms with Gasteiger partial charge < -0.3 is 15.1 Å². The van der Waals surface area contributed by atoms with E-state index in [9.17, 15) is 19.2 Å². The molecule has 0 spiro atoms. The van der Waals surface area contributed by atoms with Crippen molar-refractivity contribution in [2.75, 3.05) is 0 Å². The van der Waals surface area contributed by atoms with Gasteiger partial charge in [0.15, 0.2) is 0 Å². The van der Waals surface area contributed by atoms with Crippen molar-refractivity contribution < 1.29 is 14.4 Å². The lowest BCUT2D eigenvalue weighted by molar-refractivity contribution is 0.0947. The molecule has 1 heterocycles. The molecule has 2 aromatic carbocycles. The van der Waals surface area contributed by atoms with Crippen LogP contribution in [0.25, 0.3) is 0 Å². The maximum atomic E-state index is 15.0. The zero-order valence-corrected chi connectivity index (χ0v) is 18.7. The summed E-state index contributed by atoms with van der Waals surface area (Å²) in [6.07, 6.45) is 3.58. The lowest BCUT2D eigenvalue weighted by Gasteiger charge is -2.21. The number of aryl methyl sites for hydroxylation is 1. The van der Waals surface area contributed by atoms with Crippen LogP contribution in [0.4, 0.5) is 4.39 Å². The second-order valence-corrected chi connectivity index (χ2v) is 8.59. The number of aromatic nitrogens is 1. The van der Waals surface area contributed by atoms with Crippen molar-refractivity contribution in [3.05, 3.63) is 104 Å². The third kappa shape index (κ3) is 5.14. The quantitative estimate of drug-likeness (QED) is 0.305. The van der Waals surface area contributed by atoms with Crippen molar-refractivity contribution in [1.82, 2.24) is 9.88 Å².